The van der Waals surface area contributed by atoms with Crippen LogP contribution in [0.2, 0.25) is 0 Å². The molecule has 1 heterocycles. The summed E-state index contributed by atoms with van der Waals surface area (Å²) < 4.78 is 18.0. The number of hydrogen-bond acceptors (Lipinski definition) is 4. The summed E-state index contributed by atoms with van der Waals surface area (Å²) in [5.41, 5.74) is 2.16. The van der Waals surface area contributed by atoms with Crippen LogP contribution in [0.5, 0.6) is 0 Å². The Morgan fingerprint density at radius 1 is 1.10 bits per heavy atom. The van der Waals surface area contributed by atoms with Crippen molar-refractivity contribution in [1.29, 1.82) is 0 Å². The highest BCUT2D eigenvalue weighted by atomic mass is 16.7. The molecule has 4 aliphatic carbocycles. The van der Waals surface area contributed by atoms with Gasteiger partial charge in [0.05, 0.1) is 13.2 Å². The summed E-state index contributed by atoms with van der Waals surface area (Å²) in [6.07, 6.45) is 10.8. The number of carbonyl (C=O) groups is 1. The van der Waals surface area contributed by atoms with Gasteiger partial charge in [0.15, 0.2) is 5.79 Å². The van der Waals surface area contributed by atoms with Gasteiger partial charge in [-0.3, -0.25) is 4.79 Å². The predicted molar refractivity (Wildman–Crippen MR) is 116 cm³/mol. The Hall–Kier alpha value is -0.870. The third kappa shape index (κ3) is 2.96. The molecule has 4 heteroatoms. The van der Waals surface area contributed by atoms with Gasteiger partial charge < -0.3 is 14.2 Å². The molecule has 4 nitrogen and oxygen atoms in total. The highest BCUT2D eigenvalue weighted by Gasteiger charge is 2.64. The zero-order valence-corrected chi connectivity index (χ0v) is 19.5. The minimum absolute atomic E-state index is 0.0831. The quantitative estimate of drug-likeness (QED) is 0.440. The van der Waals surface area contributed by atoms with Crippen molar-refractivity contribution in [3.05, 3.63) is 11.6 Å². The van der Waals surface area contributed by atoms with Gasteiger partial charge in [0.1, 0.15) is 6.10 Å². The summed E-state index contributed by atoms with van der Waals surface area (Å²) in [6, 6.07) is 0. The van der Waals surface area contributed by atoms with Crippen molar-refractivity contribution < 1.29 is 19.0 Å². The molecule has 0 bridgehead atoms. The van der Waals surface area contributed by atoms with Crippen molar-refractivity contribution in [2.75, 3.05) is 13.2 Å². The predicted octanol–water partition coefficient (Wildman–Crippen LogP) is 5.51. The summed E-state index contributed by atoms with van der Waals surface area (Å²) in [6.45, 7) is 12.7. The molecule has 0 amide bonds. The van der Waals surface area contributed by atoms with E-state index in [0.717, 1.165) is 50.2 Å². The summed E-state index contributed by atoms with van der Waals surface area (Å²) >= 11 is 0. The standard InChI is InChI=1S/C26H40O4/c1-16-14-22-20-7-6-18-15-19(30-17(2)27)8-10-24(18,3)21(20)9-11-25(22,4)23(16)26(5)28-12-13-29-26/h6,16,19-23H,7-15H2,1-5H3. The minimum atomic E-state index is -0.405. The van der Waals surface area contributed by atoms with Crippen LogP contribution in [0.25, 0.3) is 0 Å². The van der Waals surface area contributed by atoms with Crippen LogP contribution in [0.3, 0.4) is 0 Å². The molecule has 0 aromatic rings. The Kier molecular flexibility index (Phi) is 4.95. The summed E-state index contributed by atoms with van der Waals surface area (Å²) in [7, 11) is 0. The second kappa shape index (κ2) is 7.07. The van der Waals surface area contributed by atoms with Gasteiger partial charge in [0.2, 0.25) is 0 Å². The first-order chi connectivity index (χ1) is 14.2. The molecule has 0 aromatic carbocycles. The van der Waals surface area contributed by atoms with E-state index in [4.69, 9.17) is 14.2 Å². The molecular weight excluding hydrogens is 376 g/mol. The summed E-state index contributed by atoms with van der Waals surface area (Å²) in [5, 5.41) is 0. The topological polar surface area (TPSA) is 44.8 Å². The molecule has 8 atom stereocenters. The molecule has 168 valence electrons. The van der Waals surface area contributed by atoms with E-state index < -0.39 is 5.79 Å². The maximum Gasteiger partial charge on any atom is 0.302 e. The van der Waals surface area contributed by atoms with Crippen LogP contribution >= 0.6 is 0 Å². The van der Waals surface area contributed by atoms with E-state index in [9.17, 15) is 4.79 Å². The molecule has 4 fully saturated rings. The van der Waals surface area contributed by atoms with E-state index in [1.807, 2.05) is 0 Å². The molecule has 0 N–H and O–H groups in total. The highest BCUT2D eigenvalue weighted by molar-refractivity contribution is 5.66. The maximum atomic E-state index is 11.5. The first-order valence-electron chi connectivity index (χ1n) is 12.3. The Morgan fingerprint density at radius 2 is 1.83 bits per heavy atom. The van der Waals surface area contributed by atoms with Crippen LogP contribution < -0.4 is 0 Å². The van der Waals surface area contributed by atoms with Crippen molar-refractivity contribution in [2.45, 2.75) is 91.5 Å². The lowest BCUT2D eigenvalue weighted by molar-refractivity contribution is -0.222. The van der Waals surface area contributed by atoms with Gasteiger partial charge in [0.25, 0.3) is 0 Å². The van der Waals surface area contributed by atoms with Gasteiger partial charge in [-0.1, -0.05) is 32.4 Å². The molecule has 5 rings (SSSR count). The number of rotatable bonds is 2. The van der Waals surface area contributed by atoms with Crippen molar-refractivity contribution in [3.63, 3.8) is 0 Å². The Balaban J connectivity index is 1.42. The fourth-order valence-corrected chi connectivity index (χ4v) is 9.15. The molecule has 3 saturated carbocycles. The van der Waals surface area contributed by atoms with Crippen LogP contribution in [0.4, 0.5) is 0 Å². The number of fused-ring (bicyclic) bond motifs is 5. The Bertz CT molecular complexity index is 737. The van der Waals surface area contributed by atoms with Crippen molar-refractivity contribution in [1.82, 2.24) is 0 Å². The average molecular weight is 417 g/mol. The van der Waals surface area contributed by atoms with Crippen LogP contribution in [-0.2, 0) is 19.0 Å². The first-order valence-corrected chi connectivity index (χ1v) is 12.3. The molecular formula is C26H40O4. The lowest BCUT2D eigenvalue weighted by atomic mass is 9.47. The van der Waals surface area contributed by atoms with Crippen LogP contribution in [0.15, 0.2) is 11.6 Å². The van der Waals surface area contributed by atoms with Gasteiger partial charge >= 0.3 is 5.97 Å². The number of allylic oxidation sites excluding steroid dienone is 1. The van der Waals surface area contributed by atoms with E-state index in [2.05, 4.69) is 33.8 Å². The maximum absolute atomic E-state index is 11.5. The molecule has 30 heavy (non-hydrogen) atoms. The van der Waals surface area contributed by atoms with Gasteiger partial charge in [0, 0.05) is 19.3 Å². The number of hydrogen-bond donors (Lipinski definition) is 0. The monoisotopic (exact) mass is 416 g/mol. The van der Waals surface area contributed by atoms with E-state index >= 15 is 0 Å². The van der Waals surface area contributed by atoms with Crippen molar-refractivity contribution in [2.24, 2.45) is 40.4 Å². The summed E-state index contributed by atoms with van der Waals surface area (Å²) in [5.74, 6) is 2.86. The Labute approximate surface area is 182 Å². The average Bonchev–Trinajstić information content (AvgIpc) is 3.22. The number of ether oxygens (including phenoxy) is 3. The molecule has 0 spiro atoms. The lowest BCUT2D eigenvalue weighted by Gasteiger charge is -2.58. The molecule has 1 aliphatic heterocycles. The molecule has 8 unspecified atom stereocenters. The normalized spacial score (nSPS) is 49.6. The zero-order chi connectivity index (χ0) is 21.3. The van der Waals surface area contributed by atoms with Gasteiger partial charge in [-0.05, 0) is 80.0 Å². The van der Waals surface area contributed by atoms with Crippen LogP contribution in [-0.4, -0.2) is 31.1 Å². The third-order valence-corrected chi connectivity index (χ3v) is 10.2. The minimum Gasteiger partial charge on any atom is -0.462 e. The summed E-state index contributed by atoms with van der Waals surface area (Å²) in [4.78, 5) is 11.5. The van der Waals surface area contributed by atoms with E-state index in [-0.39, 0.29) is 17.5 Å². The number of esters is 1. The van der Waals surface area contributed by atoms with E-state index in [1.165, 1.54) is 32.6 Å². The lowest BCUT2D eigenvalue weighted by Crippen LogP contribution is -2.53. The van der Waals surface area contributed by atoms with Crippen molar-refractivity contribution in [3.8, 4) is 0 Å². The Morgan fingerprint density at radius 3 is 2.53 bits per heavy atom. The smallest absolute Gasteiger partial charge is 0.302 e. The third-order valence-electron chi connectivity index (χ3n) is 10.2. The second-order valence-electron chi connectivity index (χ2n) is 11.7. The van der Waals surface area contributed by atoms with Crippen LogP contribution in [0, 0.1) is 40.4 Å². The molecule has 5 aliphatic rings. The molecule has 0 aromatic heterocycles. The van der Waals surface area contributed by atoms with E-state index in [0.29, 0.717) is 17.3 Å². The first kappa shape index (κ1) is 21.0. The number of carbonyl (C=O) groups excluding carboxylic acids is 1. The van der Waals surface area contributed by atoms with Gasteiger partial charge in [-0.2, -0.15) is 0 Å². The van der Waals surface area contributed by atoms with Crippen molar-refractivity contribution >= 4 is 5.97 Å². The van der Waals surface area contributed by atoms with E-state index in [1.54, 1.807) is 5.57 Å². The van der Waals surface area contributed by atoms with Crippen LogP contribution in [0.1, 0.15) is 79.6 Å². The fourth-order valence-electron chi connectivity index (χ4n) is 9.15. The molecule has 0 radical (unpaired) electrons. The fraction of sp³-hybridized carbons (Fsp3) is 0.885. The highest BCUT2D eigenvalue weighted by Crippen LogP contribution is 2.69. The zero-order valence-electron chi connectivity index (χ0n) is 19.5. The largest absolute Gasteiger partial charge is 0.462 e. The van der Waals surface area contributed by atoms with Gasteiger partial charge in [-0.15, -0.1) is 0 Å². The molecule has 1 saturated heterocycles. The van der Waals surface area contributed by atoms with Gasteiger partial charge in [-0.25, -0.2) is 0 Å². The SMILES string of the molecule is CC(=O)OC1CCC2(C)C(=CCC3C2CCC2(C)C3CC(C)C2C2(C)OCCO2)C1. The second-order valence-corrected chi connectivity index (χ2v) is 11.7.